The van der Waals surface area contributed by atoms with Gasteiger partial charge >= 0.3 is 6.03 Å². The summed E-state index contributed by atoms with van der Waals surface area (Å²) in [5, 5.41) is 9.75. The molecular formula is C11H11N5O3. The Balaban J connectivity index is 2.46. The first-order valence-corrected chi connectivity index (χ1v) is 5.45. The van der Waals surface area contributed by atoms with Gasteiger partial charge in [0.15, 0.2) is 0 Å². The Hall–Kier alpha value is -2.77. The molecule has 0 fully saturated rings. The molecule has 1 aromatic heterocycles. The first-order valence-electron chi connectivity index (χ1n) is 5.45. The highest BCUT2D eigenvalue weighted by Crippen LogP contribution is 2.06. The molecule has 1 heterocycles. The van der Waals surface area contributed by atoms with E-state index in [9.17, 15) is 14.4 Å². The summed E-state index contributed by atoms with van der Waals surface area (Å²) in [7, 11) is 0. The highest BCUT2D eigenvalue weighted by atomic mass is 16.2. The molecule has 0 aliphatic rings. The zero-order chi connectivity index (χ0) is 14.0. The third-order valence-corrected chi connectivity index (χ3v) is 2.58. The van der Waals surface area contributed by atoms with Crippen molar-refractivity contribution in [1.82, 2.24) is 20.3 Å². The maximum atomic E-state index is 12.1. The third-order valence-electron chi connectivity index (χ3n) is 2.58. The number of carbonyl (C=O) groups excluding carboxylic acids is 2. The van der Waals surface area contributed by atoms with E-state index in [0.29, 0.717) is 10.9 Å². The maximum Gasteiger partial charge on any atom is 0.318 e. The van der Waals surface area contributed by atoms with Gasteiger partial charge in [0, 0.05) is 0 Å². The fourth-order valence-electron chi connectivity index (χ4n) is 1.59. The van der Waals surface area contributed by atoms with Crippen molar-refractivity contribution in [2.24, 2.45) is 5.73 Å². The van der Waals surface area contributed by atoms with Crippen molar-refractivity contribution in [2.45, 2.75) is 13.0 Å². The number of carbonyl (C=O) groups is 2. The summed E-state index contributed by atoms with van der Waals surface area (Å²) < 4.78 is 0.903. The fraction of sp³-hybridized carbons (Fsp3) is 0.182. The predicted molar refractivity (Wildman–Crippen MR) is 66.2 cm³/mol. The van der Waals surface area contributed by atoms with Gasteiger partial charge < -0.3 is 5.73 Å². The van der Waals surface area contributed by atoms with Crippen molar-refractivity contribution in [3.05, 3.63) is 34.6 Å². The Morgan fingerprint density at radius 1 is 1.37 bits per heavy atom. The monoisotopic (exact) mass is 261 g/mol. The average molecular weight is 261 g/mol. The fourth-order valence-corrected chi connectivity index (χ4v) is 1.59. The Morgan fingerprint density at radius 3 is 2.74 bits per heavy atom. The number of primary amides is 1. The molecule has 0 spiro atoms. The van der Waals surface area contributed by atoms with Crippen LogP contribution in [0.1, 0.15) is 13.0 Å². The molecule has 0 aliphatic carbocycles. The first-order chi connectivity index (χ1) is 9.00. The molecule has 8 nitrogen and oxygen atoms in total. The number of rotatable bonds is 2. The summed E-state index contributed by atoms with van der Waals surface area (Å²) >= 11 is 0. The number of hydrogen-bond donors (Lipinski definition) is 2. The number of urea groups is 1. The highest BCUT2D eigenvalue weighted by Gasteiger charge is 2.19. The molecular weight excluding hydrogens is 250 g/mol. The Morgan fingerprint density at radius 2 is 2.05 bits per heavy atom. The van der Waals surface area contributed by atoms with Crippen LogP contribution < -0.4 is 16.6 Å². The summed E-state index contributed by atoms with van der Waals surface area (Å²) in [4.78, 5) is 34.3. The van der Waals surface area contributed by atoms with Crippen molar-refractivity contribution in [1.29, 1.82) is 0 Å². The molecule has 0 bridgehead atoms. The quantitative estimate of drug-likeness (QED) is 0.758. The second-order valence-electron chi connectivity index (χ2n) is 3.89. The molecule has 2 aromatic rings. The lowest BCUT2D eigenvalue weighted by atomic mass is 10.2. The number of fused-ring (bicyclic) bond motifs is 1. The highest BCUT2D eigenvalue weighted by molar-refractivity contribution is 5.95. The molecule has 3 amide bonds. The van der Waals surface area contributed by atoms with E-state index in [1.54, 1.807) is 24.3 Å². The van der Waals surface area contributed by atoms with Crippen molar-refractivity contribution in [2.75, 3.05) is 0 Å². The number of nitrogens with two attached hydrogens (primary N) is 1. The van der Waals surface area contributed by atoms with Crippen LogP contribution in [0.5, 0.6) is 0 Å². The van der Waals surface area contributed by atoms with Gasteiger partial charge in [0.2, 0.25) is 0 Å². The standard InChI is InChI=1S/C11H11N5O3/c1-6(9(17)13-11(12)19)16-10(18)7-4-2-3-5-8(7)14-15-16/h2-6H,1H3,(H3,12,13,17,19)/t6-/m1/s1. The van der Waals surface area contributed by atoms with E-state index in [1.807, 2.05) is 5.32 Å². The van der Waals surface area contributed by atoms with Crippen LogP contribution in [0.15, 0.2) is 29.1 Å². The number of hydrogen-bond acceptors (Lipinski definition) is 5. The van der Waals surface area contributed by atoms with E-state index < -0.39 is 23.5 Å². The summed E-state index contributed by atoms with van der Waals surface area (Å²) in [5.41, 5.74) is 4.82. The van der Waals surface area contributed by atoms with E-state index >= 15 is 0 Å². The van der Waals surface area contributed by atoms with E-state index in [-0.39, 0.29) is 0 Å². The van der Waals surface area contributed by atoms with Gasteiger partial charge in [-0.3, -0.25) is 14.9 Å². The molecule has 1 aromatic carbocycles. The van der Waals surface area contributed by atoms with Crippen LogP contribution in [-0.4, -0.2) is 26.9 Å². The van der Waals surface area contributed by atoms with Crippen molar-refractivity contribution in [3.63, 3.8) is 0 Å². The molecule has 0 aliphatic heterocycles. The molecule has 2 rings (SSSR count). The van der Waals surface area contributed by atoms with Gasteiger partial charge in [-0.15, -0.1) is 5.10 Å². The van der Waals surface area contributed by atoms with E-state index in [1.165, 1.54) is 6.92 Å². The van der Waals surface area contributed by atoms with Crippen LogP contribution in [0.25, 0.3) is 10.9 Å². The van der Waals surface area contributed by atoms with Crippen molar-refractivity contribution < 1.29 is 9.59 Å². The second-order valence-corrected chi connectivity index (χ2v) is 3.89. The van der Waals surface area contributed by atoms with E-state index in [4.69, 9.17) is 5.73 Å². The summed E-state index contributed by atoms with van der Waals surface area (Å²) in [6, 6.07) is 4.66. The summed E-state index contributed by atoms with van der Waals surface area (Å²) in [6.45, 7) is 1.42. The molecule has 0 unspecified atom stereocenters. The van der Waals surface area contributed by atoms with Gasteiger partial charge in [0.05, 0.1) is 5.39 Å². The molecule has 0 saturated heterocycles. The van der Waals surface area contributed by atoms with Crippen LogP contribution in [0.4, 0.5) is 4.79 Å². The molecule has 0 radical (unpaired) electrons. The molecule has 1 atom stereocenters. The molecule has 19 heavy (non-hydrogen) atoms. The topological polar surface area (TPSA) is 120 Å². The minimum Gasteiger partial charge on any atom is -0.351 e. The predicted octanol–water partition coefficient (Wildman–Crippen LogP) is -0.453. The van der Waals surface area contributed by atoms with Gasteiger partial charge in [0.1, 0.15) is 11.6 Å². The number of imide groups is 1. The van der Waals surface area contributed by atoms with Crippen LogP contribution in [-0.2, 0) is 4.79 Å². The lowest BCUT2D eigenvalue weighted by molar-refractivity contribution is -0.123. The van der Waals surface area contributed by atoms with E-state index in [0.717, 1.165) is 4.68 Å². The molecule has 98 valence electrons. The SMILES string of the molecule is C[C@H](C(=O)NC(N)=O)n1nnc2ccccc2c1=O. The van der Waals surface area contributed by atoms with Gasteiger partial charge in [-0.2, -0.15) is 4.68 Å². The summed E-state index contributed by atoms with van der Waals surface area (Å²) in [6.07, 6.45) is 0. The zero-order valence-corrected chi connectivity index (χ0v) is 10.0. The van der Waals surface area contributed by atoms with Gasteiger partial charge in [-0.05, 0) is 19.1 Å². The van der Waals surface area contributed by atoms with Crippen molar-refractivity contribution >= 4 is 22.8 Å². The Bertz CT molecular complexity index is 709. The third kappa shape index (κ3) is 2.41. The number of nitrogens with one attached hydrogen (secondary N) is 1. The molecule has 3 N–H and O–H groups in total. The maximum absolute atomic E-state index is 12.1. The zero-order valence-electron chi connectivity index (χ0n) is 10.0. The van der Waals surface area contributed by atoms with Gasteiger partial charge in [-0.25, -0.2) is 4.79 Å². The number of benzene rings is 1. The largest absolute Gasteiger partial charge is 0.351 e. The lowest BCUT2D eigenvalue weighted by Crippen LogP contribution is -2.42. The second kappa shape index (κ2) is 4.84. The average Bonchev–Trinajstić information content (AvgIpc) is 2.38. The number of amides is 3. The first kappa shape index (κ1) is 12.7. The van der Waals surface area contributed by atoms with Crippen molar-refractivity contribution in [3.8, 4) is 0 Å². The normalized spacial score (nSPS) is 12.1. The van der Waals surface area contributed by atoms with Crippen LogP contribution in [0, 0.1) is 0 Å². The molecule has 8 heteroatoms. The van der Waals surface area contributed by atoms with Crippen LogP contribution in [0.3, 0.4) is 0 Å². The number of aromatic nitrogens is 3. The Kier molecular flexibility index (Phi) is 3.23. The molecule has 0 saturated carbocycles. The lowest BCUT2D eigenvalue weighted by Gasteiger charge is -2.11. The minimum absolute atomic E-state index is 0.344. The minimum atomic E-state index is -0.989. The van der Waals surface area contributed by atoms with Gasteiger partial charge in [-0.1, -0.05) is 17.3 Å². The van der Waals surface area contributed by atoms with E-state index in [2.05, 4.69) is 10.3 Å². The van der Waals surface area contributed by atoms with Gasteiger partial charge in [0.25, 0.3) is 11.5 Å². The van der Waals surface area contributed by atoms with Crippen LogP contribution >= 0.6 is 0 Å². The summed E-state index contributed by atoms with van der Waals surface area (Å²) in [5.74, 6) is -0.723. The smallest absolute Gasteiger partial charge is 0.318 e. The number of nitrogens with zero attached hydrogens (tertiary/aromatic N) is 3. The Labute approximate surface area is 107 Å². The van der Waals surface area contributed by atoms with Crippen LogP contribution in [0.2, 0.25) is 0 Å².